The minimum Gasteiger partial charge on any atom is -0.398 e. The molecule has 0 fully saturated rings. The summed E-state index contributed by atoms with van der Waals surface area (Å²) in [7, 11) is 0. The van der Waals surface area contributed by atoms with Gasteiger partial charge in [0.2, 0.25) is 5.91 Å². The Labute approximate surface area is 144 Å². The van der Waals surface area contributed by atoms with E-state index in [1.807, 2.05) is 0 Å². The van der Waals surface area contributed by atoms with Crippen LogP contribution in [0.5, 0.6) is 0 Å². The van der Waals surface area contributed by atoms with Crippen molar-refractivity contribution in [2.24, 2.45) is 0 Å². The second-order valence-corrected chi connectivity index (χ2v) is 6.03. The molecule has 0 aliphatic carbocycles. The van der Waals surface area contributed by atoms with Gasteiger partial charge in [-0.05, 0) is 30.3 Å². The highest BCUT2D eigenvalue weighted by Crippen LogP contribution is 2.30. The molecule has 0 saturated carbocycles. The highest BCUT2D eigenvalue weighted by molar-refractivity contribution is 7.99. The van der Waals surface area contributed by atoms with Gasteiger partial charge in [0.05, 0.1) is 11.3 Å². The molecule has 3 rings (SSSR count). The molecule has 0 aliphatic rings. The van der Waals surface area contributed by atoms with Crippen molar-refractivity contribution >= 4 is 34.7 Å². The monoisotopic (exact) mass is 367 g/mol. The van der Waals surface area contributed by atoms with Crippen LogP contribution in [0.25, 0.3) is 5.65 Å². The third-order valence-electron chi connectivity index (χ3n) is 3.20. The average molecular weight is 367 g/mol. The van der Waals surface area contributed by atoms with Crippen LogP contribution in [0, 0.1) is 0 Å². The van der Waals surface area contributed by atoms with E-state index in [-0.39, 0.29) is 11.4 Å². The number of pyridine rings is 1. The number of nitrogens with one attached hydrogen (secondary N) is 1. The Kier molecular flexibility index (Phi) is 4.53. The molecular formula is C15H12F3N5OS. The number of nitrogens with two attached hydrogens (primary N) is 1. The van der Waals surface area contributed by atoms with Gasteiger partial charge in [-0.1, -0.05) is 17.8 Å². The van der Waals surface area contributed by atoms with Gasteiger partial charge in [-0.25, -0.2) is 0 Å². The lowest BCUT2D eigenvalue weighted by Crippen LogP contribution is -2.15. The molecule has 0 saturated heterocycles. The van der Waals surface area contributed by atoms with Gasteiger partial charge in [0.1, 0.15) is 0 Å². The Morgan fingerprint density at radius 3 is 2.80 bits per heavy atom. The number of hydrogen-bond donors (Lipinski definition) is 2. The Morgan fingerprint density at radius 2 is 2.04 bits per heavy atom. The van der Waals surface area contributed by atoms with Gasteiger partial charge < -0.3 is 11.1 Å². The summed E-state index contributed by atoms with van der Waals surface area (Å²) in [6, 6.07) is 7.83. The summed E-state index contributed by atoms with van der Waals surface area (Å²) in [5.74, 6) is -0.490. The van der Waals surface area contributed by atoms with E-state index in [4.69, 9.17) is 5.73 Å². The maximum Gasteiger partial charge on any atom is 0.416 e. The van der Waals surface area contributed by atoms with Crippen LogP contribution in [-0.4, -0.2) is 26.3 Å². The second-order valence-electron chi connectivity index (χ2n) is 5.09. The lowest BCUT2D eigenvalue weighted by Gasteiger charge is -2.09. The summed E-state index contributed by atoms with van der Waals surface area (Å²) in [5.41, 5.74) is 6.05. The first kappa shape index (κ1) is 17.1. The van der Waals surface area contributed by atoms with E-state index >= 15 is 0 Å². The number of nitrogen functional groups attached to an aromatic ring is 1. The van der Waals surface area contributed by atoms with Crippen molar-refractivity contribution < 1.29 is 18.0 Å². The number of hydrogen-bond acceptors (Lipinski definition) is 5. The molecule has 6 nitrogen and oxygen atoms in total. The van der Waals surface area contributed by atoms with Crippen LogP contribution >= 0.6 is 11.8 Å². The van der Waals surface area contributed by atoms with Crippen LogP contribution in [0.3, 0.4) is 0 Å². The third kappa shape index (κ3) is 4.02. The maximum absolute atomic E-state index is 12.7. The van der Waals surface area contributed by atoms with Gasteiger partial charge in [-0.3, -0.25) is 9.20 Å². The quantitative estimate of drug-likeness (QED) is 0.693. The Bertz CT molecular complexity index is 925. The molecule has 25 heavy (non-hydrogen) atoms. The molecule has 1 aromatic carbocycles. The molecule has 3 N–H and O–H groups in total. The minimum atomic E-state index is -4.46. The van der Waals surface area contributed by atoms with Crippen LogP contribution < -0.4 is 11.1 Å². The van der Waals surface area contributed by atoms with Crippen LogP contribution in [0.1, 0.15) is 5.56 Å². The molecule has 3 aromatic rings. The van der Waals surface area contributed by atoms with Crippen molar-refractivity contribution in [3.05, 3.63) is 48.2 Å². The fourth-order valence-corrected chi connectivity index (χ4v) is 2.80. The molecule has 0 unspecified atom stereocenters. The zero-order chi connectivity index (χ0) is 18.0. The molecule has 130 valence electrons. The van der Waals surface area contributed by atoms with Gasteiger partial charge in [0, 0.05) is 17.6 Å². The normalized spacial score (nSPS) is 11.6. The van der Waals surface area contributed by atoms with Crippen molar-refractivity contribution in [3.8, 4) is 0 Å². The molecular weight excluding hydrogens is 355 g/mol. The summed E-state index contributed by atoms with van der Waals surface area (Å²) in [5, 5.41) is 10.8. The van der Waals surface area contributed by atoms with Gasteiger partial charge in [-0.2, -0.15) is 13.2 Å². The molecule has 0 radical (unpaired) electrons. The number of rotatable bonds is 4. The summed E-state index contributed by atoms with van der Waals surface area (Å²) < 4.78 is 39.7. The molecule has 0 aliphatic heterocycles. The second kappa shape index (κ2) is 6.63. The predicted molar refractivity (Wildman–Crippen MR) is 88.2 cm³/mol. The van der Waals surface area contributed by atoms with Gasteiger partial charge in [0.25, 0.3) is 0 Å². The number of nitrogens with zero attached hydrogens (tertiary/aromatic N) is 3. The van der Waals surface area contributed by atoms with E-state index in [2.05, 4.69) is 15.5 Å². The van der Waals surface area contributed by atoms with Gasteiger partial charge >= 0.3 is 6.18 Å². The summed E-state index contributed by atoms with van der Waals surface area (Å²) >= 11 is 1.10. The maximum atomic E-state index is 12.7. The lowest BCUT2D eigenvalue weighted by molar-refractivity contribution is -0.137. The fourth-order valence-electron chi connectivity index (χ4n) is 2.09. The molecule has 2 aromatic heterocycles. The van der Waals surface area contributed by atoms with E-state index < -0.39 is 17.6 Å². The number of benzene rings is 1. The topological polar surface area (TPSA) is 85.3 Å². The summed E-state index contributed by atoms with van der Waals surface area (Å²) in [6.45, 7) is 0. The van der Waals surface area contributed by atoms with Crippen LogP contribution in [-0.2, 0) is 11.0 Å². The smallest absolute Gasteiger partial charge is 0.398 e. The van der Waals surface area contributed by atoms with E-state index in [0.717, 1.165) is 23.9 Å². The first-order valence-corrected chi connectivity index (χ1v) is 8.02. The number of carbonyl (C=O) groups is 1. The van der Waals surface area contributed by atoms with Crippen LogP contribution in [0.2, 0.25) is 0 Å². The molecule has 0 atom stereocenters. The number of fused-ring (bicyclic) bond motifs is 1. The standard InChI is InChI=1S/C15H12F3N5OS/c16-15(17,18)9-2-1-3-11(6-9)20-13(24)8-25-14-22-21-12-5-4-10(19)7-23(12)14/h1-7H,8,19H2,(H,20,24). The molecule has 2 heterocycles. The Morgan fingerprint density at radius 1 is 1.24 bits per heavy atom. The van der Waals surface area contributed by atoms with E-state index in [0.29, 0.717) is 16.5 Å². The molecule has 0 bridgehead atoms. The Hall–Kier alpha value is -2.75. The third-order valence-corrected chi connectivity index (χ3v) is 4.14. The van der Waals surface area contributed by atoms with E-state index in [1.165, 1.54) is 12.1 Å². The minimum absolute atomic E-state index is 0.0359. The number of carbonyl (C=O) groups excluding carboxylic acids is 1. The first-order chi connectivity index (χ1) is 11.8. The highest BCUT2D eigenvalue weighted by atomic mass is 32.2. The van der Waals surface area contributed by atoms with Gasteiger partial charge in [0.15, 0.2) is 10.8 Å². The molecule has 10 heteroatoms. The summed E-state index contributed by atoms with van der Waals surface area (Å²) in [4.78, 5) is 12.0. The lowest BCUT2D eigenvalue weighted by atomic mass is 10.2. The SMILES string of the molecule is Nc1ccc2nnc(SCC(=O)Nc3cccc(C(F)(F)F)c3)n2c1. The van der Waals surface area contributed by atoms with Crippen molar-refractivity contribution in [1.82, 2.24) is 14.6 Å². The first-order valence-electron chi connectivity index (χ1n) is 7.03. The average Bonchev–Trinajstić information content (AvgIpc) is 2.94. The zero-order valence-electron chi connectivity index (χ0n) is 12.6. The predicted octanol–water partition coefficient (Wildman–Crippen LogP) is 3.06. The van der Waals surface area contributed by atoms with Crippen LogP contribution in [0.15, 0.2) is 47.8 Å². The number of halogens is 3. The molecule has 1 amide bonds. The number of alkyl halides is 3. The fraction of sp³-hybridized carbons (Fsp3) is 0.133. The van der Waals surface area contributed by atoms with E-state index in [9.17, 15) is 18.0 Å². The highest BCUT2D eigenvalue weighted by Gasteiger charge is 2.30. The van der Waals surface area contributed by atoms with Crippen molar-refractivity contribution in [1.29, 1.82) is 0 Å². The van der Waals surface area contributed by atoms with E-state index in [1.54, 1.807) is 22.7 Å². The van der Waals surface area contributed by atoms with Crippen molar-refractivity contribution in [2.75, 3.05) is 16.8 Å². The number of aromatic nitrogens is 3. The number of thioether (sulfide) groups is 1. The zero-order valence-corrected chi connectivity index (χ0v) is 13.4. The number of anilines is 2. The number of amides is 1. The van der Waals surface area contributed by atoms with Crippen LogP contribution in [0.4, 0.5) is 24.5 Å². The van der Waals surface area contributed by atoms with Crippen molar-refractivity contribution in [3.63, 3.8) is 0 Å². The van der Waals surface area contributed by atoms with Crippen molar-refractivity contribution in [2.45, 2.75) is 11.3 Å². The Balaban J connectivity index is 1.66. The summed E-state index contributed by atoms with van der Waals surface area (Å²) in [6.07, 6.45) is -2.84. The molecule has 0 spiro atoms. The van der Waals surface area contributed by atoms with Gasteiger partial charge in [-0.15, -0.1) is 10.2 Å². The largest absolute Gasteiger partial charge is 0.416 e.